The third-order valence-electron chi connectivity index (χ3n) is 3.82. The summed E-state index contributed by atoms with van der Waals surface area (Å²) in [6.45, 7) is 3.35. The van der Waals surface area contributed by atoms with Crippen LogP contribution in [-0.4, -0.2) is 29.4 Å². The van der Waals surface area contributed by atoms with Crippen LogP contribution in [0.1, 0.15) is 5.56 Å². The fraction of sp³-hybridized carbons (Fsp3) is 0.462. The van der Waals surface area contributed by atoms with Gasteiger partial charge in [0.05, 0.1) is 0 Å². The van der Waals surface area contributed by atoms with Crippen molar-refractivity contribution in [2.24, 2.45) is 22.9 Å². The Hall–Kier alpha value is -1.35. The molecular formula is C13H16N2O. The zero-order valence-corrected chi connectivity index (χ0v) is 9.16. The molecule has 1 aromatic rings. The standard InChI is InChI=1S/C13H16N2O/c16-14-6-11-12-8-15(9-13(11)12)7-10-4-2-1-3-5-10/h1-6,11-13,16H,7-9H2. The van der Waals surface area contributed by atoms with Gasteiger partial charge in [-0.05, 0) is 17.4 Å². The van der Waals surface area contributed by atoms with Gasteiger partial charge in [-0.15, -0.1) is 5.16 Å². The van der Waals surface area contributed by atoms with E-state index in [1.807, 2.05) is 0 Å². The van der Waals surface area contributed by atoms with Gasteiger partial charge < -0.3 is 5.21 Å². The van der Waals surface area contributed by atoms with Crippen LogP contribution in [-0.2, 0) is 6.54 Å². The molecule has 0 amide bonds. The zero-order chi connectivity index (χ0) is 11.0. The lowest BCUT2D eigenvalue weighted by molar-refractivity contribution is 0.286. The molecule has 16 heavy (non-hydrogen) atoms. The highest BCUT2D eigenvalue weighted by Crippen LogP contribution is 2.50. The maximum atomic E-state index is 8.49. The number of piperidine rings is 1. The van der Waals surface area contributed by atoms with Gasteiger partial charge in [-0.3, -0.25) is 4.90 Å². The molecule has 2 unspecified atom stereocenters. The van der Waals surface area contributed by atoms with Gasteiger partial charge in [-0.1, -0.05) is 30.3 Å². The number of nitrogens with zero attached hydrogens (tertiary/aromatic N) is 2. The van der Waals surface area contributed by atoms with Crippen molar-refractivity contribution in [2.75, 3.05) is 13.1 Å². The number of fused-ring (bicyclic) bond motifs is 1. The van der Waals surface area contributed by atoms with Crippen molar-refractivity contribution in [2.45, 2.75) is 6.54 Å². The third kappa shape index (κ3) is 1.71. The molecule has 1 heterocycles. The van der Waals surface area contributed by atoms with E-state index in [9.17, 15) is 0 Å². The summed E-state index contributed by atoms with van der Waals surface area (Å²) >= 11 is 0. The van der Waals surface area contributed by atoms with Gasteiger partial charge in [0, 0.05) is 31.8 Å². The van der Waals surface area contributed by atoms with Crippen molar-refractivity contribution >= 4 is 6.21 Å². The largest absolute Gasteiger partial charge is 0.411 e. The van der Waals surface area contributed by atoms with E-state index < -0.39 is 0 Å². The first-order valence-electron chi connectivity index (χ1n) is 5.82. The SMILES string of the molecule is ON=CC1C2CN(Cc3ccccc3)CC12. The van der Waals surface area contributed by atoms with Gasteiger partial charge in [0.15, 0.2) is 0 Å². The molecule has 0 aromatic heterocycles. The molecule has 2 fully saturated rings. The number of benzene rings is 1. The summed E-state index contributed by atoms with van der Waals surface area (Å²) in [5.74, 6) is 2.01. The van der Waals surface area contributed by atoms with E-state index in [0.29, 0.717) is 5.92 Å². The summed E-state index contributed by atoms with van der Waals surface area (Å²) in [6.07, 6.45) is 1.70. The van der Waals surface area contributed by atoms with Crippen LogP contribution in [0.3, 0.4) is 0 Å². The molecule has 3 nitrogen and oxygen atoms in total. The molecule has 2 aliphatic rings. The maximum absolute atomic E-state index is 8.49. The van der Waals surface area contributed by atoms with Crippen molar-refractivity contribution in [3.8, 4) is 0 Å². The second kappa shape index (κ2) is 3.91. The van der Waals surface area contributed by atoms with Gasteiger partial charge >= 0.3 is 0 Å². The van der Waals surface area contributed by atoms with Crippen LogP contribution in [0.15, 0.2) is 35.5 Å². The van der Waals surface area contributed by atoms with E-state index in [1.165, 1.54) is 5.56 Å². The van der Waals surface area contributed by atoms with Crippen LogP contribution < -0.4 is 0 Å². The minimum absolute atomic E-state index is 0.539. The summed E-state index contributed by atoms with van der Waals surface area (Å²) < 4.78 is 0. The minimum atomic E-state index is 0.539. The van der Waals surface area contributed by atoms with Crippen molar-refractivity contribution < 1.29 is 5.21 Å². The summed E-state index contributed by atoms with van der Waals surface area (Å²) in [5, 5.41) is 11.6. The Morgan fingerprint density at radius 3 is 2.56 bits per heavy atom. The first-order valence-corrected chi connectivity index (χ1v) is 5.82. The van der Waals surface area contributed by atoms with E-state index in [4.69, 9.17) is 5.21 Å². The van der Waals surface area contributed by atoms with E-state index in [0.717, 1.165) is 31.5 Å². The van der Waals surface area contributed by atoms with Crippen LogP contribution in [0.5, 0.6) is 0 Å². The molecule has 1 aromatic carbocycles. The second-order valence-corrected chi connectivity index (χ2v) is 4.85. The van der Waals surface area contributed by atoms with E-state index in [1.54, 1.807) is 6.21 Å². The Bertz CT molecular complexity index is 378. The van der Waals surface area contributed by atoms with Crippen LogP contribution in [0.25, 0.3) is 0 Å². The lowest BCUT2D eigenvalue weighted by Gasteiger charge is -2.18. The normalized spacial score (nSPS) is 33.1. The zero-order valence-electron chi connectivity index (χ0n) is 9.16. The molecule has 3 heteroatoms. The lowest BCUT2D eigenvalue weighted by Crippen LogP contribution is -2.24. The average molecular weight is 216 g/mol. The Kier molecular flexibility index (Phi) is 2.40. The Morgan fingerprint density at radius 2 is 1.94 bits per heavy atom. The quantitative estimate of drug-likeness (QED) is 0.475. The Balaban J connectivity index is 1.55. The molecule has 1 saturated heterocycles. The lowest BCUT2D eigenvalue weighted by atomic mass is 10.2. The monoisotopic (exact) mass is 216 g/mol. The molecule has 1 aliphatic heterocycles. The molecule has 0 spiro atoms. The molecule has 2 atom stereocenters. The Labute approximate surface area is 95.4 Å². The van der Waals surface area contributed by atoms with Crippen LogP contribution >= 0.6 is 0 Å². The minimum Gasteiger partial charge on any atom is -0.411 e. The van der Waals surface area contributed by atoms with E-state index in [-0.39, 0.29) is 0 Å². The highest BCUT2D eigenvalue weighted by molar-refractivity contribution is 5.65. The van der Waals surface area contributed by atoms with Crippen molar-refractivity contribution in [3.63, 3.8) is 0 Å². The van der Waals surface area contributed by atoms with Gasteiger partial charge in [-0.2, -0.15) is 0 Å². The third-order valence-corrected chi connectivity index (χ3v) is 3.82. The van der Waals surface area contributed by atoms with Crippen molar-refractivity contribution in [1.29, 1.82) is 0 Å². The van der Waals surface area contributed by atoms with Crippen LogP contribution in [0.4, 0.5) is 0 Å². The maximum Gasteiger partial charge on any atom is 0.0473 e. The van der Waals surface area contributed by atoms with E-state index >= 15 is 0 Å². The number of likely N-dealkylation sites (tertiary alicyclic amines) is 1. The molecule has 1 saturated carbocycles. The fourth-order valence-electron chi connectivity index (χ4n) is 2.93. The number of hydrogen-bond donors (Lipinski definition) is 1. The Morgan fingerprint density at radius 1 is 1.25 bits per heavy atom. The fourth-order valence-corrected chi connectivity index (χ4v) is 2.93. The molecule has 0 bridgehead atoms. The molecular weight excluding hydrogens is 200 g/mol. The van der Waals surface area contributed by atoms with Crippen LogP contribution in [0, 0.1) is 17.8 Å². The summed E-state index contributed by atoms with van der Waals surface area (Å²) in [5.41, 5.74) is 1.39. The first-order chi connectivity index (χ1) is 7.88. The predicted molar refractivity (Wildman–Crippen MR) is 62.5 cm³/mol. The van der Waals surface area contributed by atoms with Crippen molar-refractivity contribution in [3.05, 3.63) is 35.9 Å². The molecule has 1 N–H and O–H groups in total. The van der Waals surface area contributed by atoms with Gasteiger partial charge in [0.1, 0.15) is 0 Å². The summed E-state index contributed by atoms with van der Waals surface area (Å²) in [6, 6.07) is 10.6. The number of rotatable bonds is 3. The topological polar surface area (TPSA) is 35.8 Å². The van der Waals surface area contributed by atoms with Crippen molar-refractivity contribution in [1.82, 2.24) is 4.90 Å². The smallest absolute Gasteiger partial charge is 0.0473 e. The van der Waals surface area contributed by atoms with Gasteiger partial charge in [0.25, 0.3) is 0 Å². The number of hydrogen-bond acceptors (Lipinski definition) is 3. The highest BCUT2D eigenvalue weighted by atomic mass is 16.4. The summed E-state index contributed by atoms with van der Waals surface area (Å²) in [7, 11) is 0. The van der Waals surface area contributed by atoms with Crippen LogP contribution in [0.2, 0.25) is 0 Å². The predicted octanol–water partition coefficient (Wildman–Crippen LogP) is 1.82. The second-order valence-electron chi connectivity index (χ2n) is 4.85. The molecule has 0 radical (unpaired) electrons. The first kappa shape index (κ1) is 9.85. The molecule has 3 rings (SSSR count). The van der Waals surface area contributed by atoms with Gasteiger partial charge in [0.2, 0.25) is 0 Å². The van der Waals surface area contributed by atoms with E-state index in [2.05, 4.69) is 40.4 Å². The molecule has 84 valence electrons. The van der Waals surface area contributed by atoms with Gasteiger partial charge in [-0.25, -0.2) is 0 Å². The highest BCUT2D eigenvalue weighted by Gasteiger charge is 2.54. The molecule has 1 aliphatic carbocycles. The average Bonchev–Trinajstić information content (AvgIpc) is 2.76. The summed E-state index contributed by atoms with van der Waals surface area (Å²) in [4.78, 5) is 2.49. The number of oxime groups is 1.